The van der Waals surface area contributed by atoms with Crippen molar-refractivity contribution in [1.82, 2.24) is 5.32 Å². The highest BCUT2D eigenvalue weighted by Gasteiger charge is 2.15. The Balaban J connectivity index is 2.16. The summed E-state index contributed by atoms with van der Waals surface area (Å²) in [5.74, 6) is -0.158. The van der Waals surface area contributed by atoms with Crippen LogP contribution in [0.4, 0.5) is 4.39 Å². The molecule has 0 fully saturated rings. The van der Waals surface area contributed by atoms with Gasteiger partial charge in [-0.3, -0.25) is 0 Å². The van der Waals surface area contributed by atoms with E-state index < -0.39 is 0 Å². The topological polar surface area (TPSA) is 25.2 Å². The molecule has 1 atom stereocenters. The minimum Gasteiger partial charge on any atom is -0.472 e. The van der Waals surface area contributed by atoms with Gasteiger partial charge >= 0.3 is 0 Å². The third kappa shape index (κ3) is 3.20. The summed E-state index contributed by atoms with van der Waals surface area (Å²) in [6.07, 6.45) is 5.11. The molecule has 0 saturated carbocycles. The fraction of sp³-hybridized carbons (Fsp3) is 0.333. The van der Waals surface area contributed by atoms with Crippen LogP contribution in [0.2, 0.25) is 0 Å². The van der Waals surface area contributed by atoms with Crippen molar-refractivity contribution in [2.75, 3.05) is 6.54 Å². The van der Waals surface area contributed by atoms with Gasteiger partial charge in [0.25, 0.3) is 0 Å². The van der Waals surface area contributed by atoms with Gasteiger partial charge in [-0.25, -0.2) is 4.39 Å². The van der Waals surface area contributed by atoms with E-state index in [1.807, 2.05) is 18.2 Å². The molecular formula is C15H18FNO. The number of nitrogens with one attached hydrogen (secondary N) is 1. The molecule has 1 aromatic carbocycles. The zero-order valence-corrected chi connectivity index (χ0v) is 10.5. The highest BCUT2D eigenvalue weighted by atomic mass is 19.1. The van der Waals surface area contributed by atoms with Crippen molar-refractivity contribution in [2.24, 2.45) is 0 Å². The Labute approximate surface area is 107 Å². The first-order valence-corrected chi connectivity index (χ1v) is 6.30. The van der Waals surface area contributed by atoms with Gasteiger partial charge in [0, 0.05) is 11.6 Å². The molecule has 1 unspecified atom stereocenters. The van der Waals surface area contributed by atoms with Crippen LogP contribution in [-0.2, 0) is 6.42 Å². The second kappa shape index (κ2) is 6.36. The fourth-order valence-corrected chi connectivity index (χ4v) is 2.01. The third-order valence-electron chi connectivity index (χ3n) is 2.94. The van der Waals surface area contributed by atoms with E-state index in [9.17, 15) is 4.39 Å². The van der Waals surface area contributed by atoms with E-state index in [1.165, 1.54) is 6.07 Å². The number of furan rings is 1. The van der Waals surface area contributed by atoms with Crippen molar-refractivity contribution in [3.8, 4) is 0 Å². The average Bonchev–Trinajstić information content (AvgIpc) is 2.88. The lowest BCUT2D eigenvalue weighted by molar-refractivity contribution is 0.493. The lowest BCUT2D eigenvalue weighted by Crippen LogP contribution is -2.24. The van der Waals surface area contributed by atoms with Crippen LogP contribution in [0.15, 0.2) is 47.3 Å². The van der Waals surface area contributed by atoms with Gasteiger partial charge < -0.3 is 9.73 Å². The summed E-state index contributed by atoms with van der Waals surface area (Å²) in [7, 11) is 0. The Hall–Kier alpha value is -1.61. The van der Waals surface area contributed by atoms with E-state index in [0.717, 1.165) is 24.9 Å². The number of hydrogen-bond acceptors (Lipinski definition) is 2. The Kier molecular flexibility index (Phi) is 4.53. The lowest BCUT2D eigenvalue weighted by atomic mass is 10.00. The lowest BCUT2D eigenvalue weighted by Gasteiger charge is -2.18. The second-order valence-corrected chi connectivity index (χ2v) is 4.36. The molecule has 18 heavy (non-hydrogen) atoms. The maximum atomic E-state index is 13.8. The first-order valence-electron chi connectivity index (χ1n) is 6.30. The molecule has 0 spiro atoms. The van der Waals surface area contributed by atoms with E-state index in [-0.39, 0.29) is 11.9 Å². The van der Waals surface area contributed by atoms with Gasteiger partial charge in [0.1, 0.15) is 5.82 Å². The predicted molar refractivity (Wildman–Crippen MR) is 69.8 cm³/mol. The Morgan fingerprint density at radius 3 is 2.78 bits per heavy atom. The smallest absolute Gasteiger partial charge is 0.127 e. The standard InChI is InChI=1S/C15H18FNO/c1-2-8-17-15(10-12-7-9-18-11-12)13-5-3-4-6-14(13)16/h3-7,9,11,15,17H,2,8,10H2,1H3. The molecule has 1 heterocycles. The summed E-state index contributed by atoms with van der Waals surface area (Å²) in [4.78, 5) is 0. The summed E-state index contributed by atoms with van der Waals surface area (Å²) in [5, 5.41) is 3.38. The third-order valence-corrected chi connectivity index (χ3v) is 2.94. The van der Waals surface area contributed by atoms with Gasteiger partial charge in [0.05, 0.1) is 12.5 Å². The van der Waals surface area contributed by atoms with E-state index in [2.05, 4.69) is 12.2 Å². The monoisotopic (exact) mass is 247 g/mol. The van der Waals surface area contributed by atoms with Gasteiger partial charge in [-0.15, -0.1) is 0 Å². The maximum Gasteiger partial charge on any atom is 0.127 e. The van der Waals surface area contributed by atoms with E-state index in [1.54, 1.807) is 18.6 Å². The zero-order valence-electron chi connectivity index (χ0n) is 10.5. The summed E-state index contributed by atoms with van der Waals surface area (Å²) in [5.41, 5.74) is 1.79. The van der Waals surface area contributed by atoms with Gasteiger partial charge in [-0.1, -0.05) is 25.1 Å². The number of halogens is 1. The average molecular weight is 247 g/mol. The molecular weight excluding hydrogens is 229 g/mol. The van der Waals surface area contributed by atoms with E-state index in [4.69, 9.17) is 4.42 Å². The van der Waals surface area contributed by atoms with Crippen molar-refractivity contribution in [3.05, 3.63) is 59.8 Å². The summed E-state index contributed by atoms with van der Waals surface area (Å²) >= 11 is 0. The molecule has 1 N–H and O–H groups in total. The van der Waals surface area contributed by atoms with Crippen molar-refractivity contribution < 1.29 is 8.81 Å². The molecule has 0 radical (unpaired) electrons. The highest BCUT2D eigenvalue weighted by Crippen LogP contribution is 2.21. The van der Waals surface area contributed by atoms with Crippen molar-refractivity contribution in [2.45, 2.75) is 25.8 Å². The minimum atomic E-state index is -0.158. The molecule has 0 aliphatic heterocycles. The summed E-state index contributed by atoms with van der Waals surface area (Å²) in [6, 6.07) is 8.83. The normalized spacial score (nSPS) is 12.6. The van der Waals surface area contributed by atoms with Crippen LogP contribution in [0.3, 0.4) is 0 Å². The highest BCUT2D eigenvalue weighted by molar-refractivity contribution is 5.23. The van der Waals surface area contributed by atoms with Gasteiger partial charge in [0.15, 0.2) is 0 Å². The Bertz CT molecular complexity index is 467. The molecule has 0 saturated heterocycles. The molecule has 0 amide bonds. The first kappa shape index (κ1) is 12.8. The SMILES string of the molecule is CCCNC(Cc1ccoc1)c1ccccc1F. The van der Waals surface area contributed by atoms with Crippen LogP contribution in [-0.4, -0.2) is 6.54 Å². The summed E-state index contributed by atoms with van der Waals surface area (Å²) < 4.78 is 18.9. The van der Waals surface area contributed by atoms with Crippen LogP contribution in [0.1, 0.15) is 30.5 Å². The Morgan fingerprint density at radius 2 is 2.11 bits per heavy atom. The van der Waals surface area contributed by atoms with Crippen molar-refractivity contribution in [1.29, 1.82) is 0 Å². The molecule has 96 valence electrons. The maximum absolute atomic E-state index is 13.8. The number of benzene rings is 1. The van der Waals surface area contributed by atoms with Crippen LogP contribution >= 0.6 is 0 Å². The predicted octanol–water partition coefficient (Wildman–Crippen LogP) is 3.70. The van der Waals surface area contributed by atoms with Crippen LogP contribution in [0.5, 0.6) is 0 Å². The van der Waals surface area contributed by atoms with Crippen LogP contribution in [0, 0.1) is 5.82 Å². The van der Waals surface area contributed by atoms with Gasteiger partial charge in [-0.05, 0) is 37.1 Å². The quantitative estimate of drug-likeness (QED) is 0.842. The van der Waals surface area contributed by atoms with Gasteiger partial charge in [-0.2, -0.15) is 0 Å². The molecule has 0 aliphatic rings. The van der Waals surface area contributed by atoms with Crippen molar-refractivity contribution in [3.63, 3.8) is 0 Å². The van der Waals surface area contributed by atoms with Gasteiger partial charge in [0.2, 0.25) is 0 Å². The molecule has 0 aliphatic carbocycles. The number of hydrogen-bond donors (Lipinski definition) is 1. The zero-order chi connectivity index (χ0) is 12.8. The van der Waals surface area contributed by atoms with Crippen LogP contribution in [0.25, 0.3) is 0 Å². The summed E-state index contributed by atoms with van der Waals surface area (Å²) in [6.45, 7) is 2.97. The molecule has 2 nitrogen and oxygen atoms in total. The first-order chi connectivity index (χ1) is 8.81. The molecule has 1 aromatic heterocycles. The largest absolute Gasteiger partial charge is 0.472 e. The molecule has 3 heteroatoms. The molecule has 0 bridgehead atoms. The second-order valence-electron chi connectivity index (χ2n) is 4.36. The van der Waals surface area contributed by atoms with E-state index in [0.29, 0.717) is 5.56 Å². The van der Waals surface area contributed by atoms with Crippen LogP contribution < -0.4 is 5.32 Å². The Morgan fingerprint density at radius 1 is 1.28 bits per heavy atom. The van der Waals surface area contributed by atoms with E-state index >= 15 is 0 Å². The minimum absolute atomic E-state index is 0.0104. The van der Waals surface area contributed by atoms with Crippen molar-refractivity contribution >= 4 is 0 Å². The molecule has 2 rings (SSSR count). The molecule has 2 aromatic rings. The fourth-order valence-electron chi connectivity index (χ4n) is 2.01. The number of rotatable bonds is 6.